The first-order chi connectivity index (χ1) is 4.24. The molecule has 0 bridgehead atoms. The van der Waals surface area contributed by atoms with Crippen molar-refractivity contribution in [3.05, 3.63) is 0 Å². The molecule has 0 N–H and O–H groups in total. The zero-order valence-corrected chi connectivity index (χ0v) is 6.06. The Morgan fingerprint density at radius 3 is 2.67 bits per heavy atom. The summed E-state index contributed by atoms with van der Waals surface area (Å²) in [5.74, 6) is -0.0351. The molecule has 3 nitrogen and oxygen atoms in total. The maximum atomic E-state index is 10.7. The number of nitrogens with zero attached hydrogens (tertiary/aromatic N) is 1. The van der Waals surface area contributed by atoms with Crippen molar-refractivity contribution in [3.8, 4) is 0 Å². The van der Waals surface area contributed by atoms with Gasteiger partial charge in [0.1, 0.15) is 6.29 Å². The molecule has 0 aliphatic carbocycles. The Morgan fingerprint density at radius 1 is 1.78 bits per heavy atom. The number of carbonyl (C=O) groups excluding carboxylic acids is 2. The van der Waals surface area contributed by atoms with Crippen LogP contribution in [0.15, 0.2) is 0 Å². The highest BCUT2D eigenvalue weighted by Crippen LogP contribution is 2.18. The molecule has 1 saturated heterocycles. The minimum absolute atomic E-state index is 0.0390. The van der Waals surface area contributed by atoms with Gasteiger partial charge in [0.05, 0.1) is 0 Å². The summed E-state index contributed by atoms with van der Waals surface area (Å²) >= 11 is 0. The first-order valence-corrected chi connectivity index (χ1v) is 3.26. The lowest BCUT2D eigenvalue weighted by Crippen LogP contribution is -2.11. The first kappa shape index (κ1) is 6.69. The van der Waals surface area contributed by atoms with Gasteiger partial charge in [-0.2, -0.15) is 0 Å². The molecule has 0 radical (unpaired) electrons. The van der Waals surface area contributed by atoms with Crippen molar-refractivity contribution in [1.29, 1.82) is 0 Å². The molecule has 4 heteroatoms. The van der Waals surface area contributed by atoms with Gasteiger partial charge in [-0.05, 0) is 9.39 Å². The summed E-state index contributed by atoms with van der Waals surface area (Å²) in [6, 6.07) is 0. The van der Waals surface area contributed by atoms with Crippen LogP contribution in [-0.2, 0) is 9.59 Å². The van der Waals surface area contributed by atoms with Crippen LogP contribution in [-0.4, -0.2) is 23.4 Å². The lowest BCUT2D eigenvalue weighted by molar-refractivity contribution is -0.124. The molecule has 1 aliphatic heterocycles. The molecular formula is C5H8NO2P. The lowest BCUT2D eigenvalue weighted by atomic mass is 10.1. The molecule has 50 valence electrons. The molecule has 2 unspecified atom stereocenters. The van der Waals surface area contributed by atoms with E-state index in [1.54, 1.807) is 0 Å². The van der Waals surface area contributed by atoms with E-state index >= 15 is 0 Å². The average Bonchev–Trinajstić information content (AvgIpc) is 2.13. The molecule has 0 aromatic heterocycles. The minimum Gasteiger partial charge on any atom is -0.327 e. The summed E-state index contributed by atoms with van der Waals surface area (Å²) < 4.78 is 1.50. The average molecular weight is 145 g/mol. The summed E-state index contributed by atoms with van der Waals surface area (Å²) in [5.41, 5.74) is 0. The van der Waals surface area contributed by atoms with E-state index < -0.39 is 0 Å². The zero-order chi connectivity index (χ0) is 6.85. The summed E-state index contributed by atoms with van der Waals surface area (Å²) in [6.45, 7) is 0.562. The van der Waals surface area contributed by atoms with Crippen LogP contribution in [0, 0.1) is 5.92 Å². The number of aldehydes is 1. The second-order valence-corrected chi connectivity index (χ2v) is 2.77. The molecule has 0 aromatic rings. The maximum absolute atomic E-state index is 10.7. The van der Waals surface area contributed by atoms with Gasteiger partial charge in [0.25, 0.3) is 0 Å². The van der Waals surface area contributed by atoms with Gasteiger partial charge >= 0.3 is 0 Å². The quantitative estimate of drug-likeness (QED) is 0.379. The number of amides is 1. The Hall–Kier alpha value is -0.430. The highest BCUT2D eigenvalue weighted by atomic mass is 31.0. The molecule has 0 saturated carbocycles. The highest BCUT2D eigenvalue weighted by Gasteiger charge is 2.25. The van der Waals surface area contributed by atoms with Gasteiger partial charge in [-0.25, -0.2) is 0 Å². The van der Waals surface area contributed by atoms with E-state index in [0.29, 0.717) is 13.0 Å². The van der Waals surface area contributed by atoms with E-state index in [1.807, 2.05) is 0 Å². The Balaban J connectivity index is 2.53. The predicted molar refractivity (Wildman–Crippen MR) is 35.6 cm³/mol. The van der Waals surface area contributed by atoms with Crippen LogP contribution in [0.4, 0.5) is 0 Å². The van der Waals surface area contributed by atoms with Crippen molar-refractivity contribution in [2.45, 2.75) is 6.42 Å². The first-order valence-electron chi connectivity index (χ1n) is 2.74. The van der Waals surface area contributed by atoms with Gasteiger partial charge in [0.15, 0.2) is 0 Å². The third-order valence-electron chi connectivity index (χ3n) is 1.38. The monoisotopic (exact) mass is 145 g/mol. The molecule has 1 amide bonds. The van der Waals surface area contributed by atoms with Crippen molar-refractivity contribution in [1.82, 2.24) is 4.67 Å². The summed E-state index contributed by atoms with van der Waals surface area (Å²) in [5, 5.41) is 0. The molecule has 1 aliphatic rings. The SMILES string of the molecule is O=CC1CC(=O)N(P)C1. The standard InChI is InChI=1S/C5H8NO2P/c7-3-4-1-5(8)6(9)2-4/h3-4H,1-2,9H2. The third kappa shape index (κ3) is 1.28. The Bertz CT molecular complexity index is 148. The Labute approximate surface area is 55.7 Å². The van der Waals surface area contributed by atoms with Crippen molar-refractivity contribution in [2.75, 3.05) is 6.54 Å². The highest BCUT2D eigenvalue weighted by molar-refractivity contribution is 7.14. The number of hydrogen-bond acceptors (Lipinski definition) is 2. The van der Waals surface area contributed by atoms with Crippen LogP contribution < -0.4 is 0 Å². The van der Waals surface area contributed by atoms with E-state index in [4.69, 9.17) is 0 Å². The molecule has 2 atom stereocenters. The van der Waals surface area contributed by atoms with Crippen LogP contribution in [0.3, 0.4) is 0 Å². The predicted octanol–water partition coefficient (Wildman–Crippen LogP) is -0.176. The maximum Gasteiger partial charge on any atom is 0.226 e. The molecule has 0 aromatic carbocycles. The number of hydrogen-bond donors (Lipinski definition) is 0. The topological polar surface area (TPSA) is 37.4 Å². The zero-order valence-electron chi connectivity index (χ0n) is 4.91. The van der Waals surface area contributed by atoms with Gasteiger partial charge in [0, 0.05) is 18.9 Å². The number of carbonyl (C=O) groups is 2. The minimum atomic E-state index is -0.0741. The third-order valence-corrected chi connectivity index (χ3v) is 1.88. The van der Waals surface area contributed by atoms with E-state index in [9.17, 15) is 9.59 Å². The molecule has 1 heterocycles. The fourth-order valence-corrected chi connectivity index (χ4v) is 1.23. The molecule has 1 fully saturated rings. The fraction of sp³-hybridized carbons (Fsp3) is 0.600. The van der Waals surface area contributed by atoms with Crippen LogP contribution in [0.25, 0.3) is 0 Å². The second-order valence-electron chi connectivity index (χ2n) is 2.15. The van der Waals surface area contributed by atoms with E-state index in [-0.39, 0.29) is 11.8 Å². The van der Waals surface area contributed by atoms with Crippen molar-refractivity contribution in [3.63, 3.8) is 0 Å². The second kappa shape index (κ2) is 2.44. The van der Waals surface area contributed by atoms with Crippen LogP contribution >= 0.6 is 9.39 Å². The van der Waals surface area contributed by atoms with Gasteiger partial charge in [-0.1, -0.05) is 0 Å². The largest absolute Gasteiger partial charge is 0.327 e. The Kier molecular flexibility index (Phi) is 1.81. The lowest BCUT2D eigenvalue weighted by Gasteiger charge is -2.04. The van der Waals surface area contributed by atoms with Crippen LogP contribution in [0.5, 0.6) is 0 Å². The van der Waals surface area contributed by atoms with Crippen molar-refractivity contribution < 1.29 is 9.59 Å². The van der Waals surface area contributed by atoms with E-state index in [0.717, 1.165) is 6.29 Å². The van der Waals surface area contributed by atoms with Crippen molar-refractivity contribution in [2.24, 2.45) is 5.92 Å². The number of rotatable bonds is 1. The molecular weight excluding hydrogens is 137 g/mol. The fourth-order valence-electron chi connectivity index (χ4n) is 0.852. The normalized spacial score (nSPS) is 27.0. The van der Waals surface area contributed by atoms with Gasteiger partial charge < -0.3 is 9.46 Å². The summed E-state index contributed by atoms with van der Waals surface area (Å²) in [4.78, 5) is 20.8. The molecule has 9 heavy (non-hydrogen) atoms. The van der Waals surface area contributed by atoms with Gasteiger partial charge in [-0.15, -0.1) is 0 Å². The van der Waals surface area contributed by atoms with E-state index in [2.05, 4.69) is 9.39 Å². The van der Waals surface area contributed by atoms with E-state index in [1.165, 1.54) is 4.67 Å². The van der Waals surface area contributed by atoms with Crippen molar-refractivity contribution >= 4 is 21.6 Å². The van der Waals surface area contributed by atoms with Crippen LogP contribution in [0.1, 0.15) is 6.42 Å². The van der Waals surface area contributed by atoms with Crippen LogP contribution in [0.2, 0.25) is 0 Å². The van der Waals surface area contributed by atoms with Gasteiger partial charge in [-0.3, -0.25) is 4.79 Å². The summed E-state index contributed by atoms with van der Waals surface area (Å²) in [6.07, 6.45) is 1.22. The Morgan fingerprint density at radius 2 is 2.44 bits per heavy atom. The molecule has 0 spiro atoms. The smallest absolute Gasteiger partial charge is 0.226 e. The summed E-state index contributed by atoms with van der Waals surface area (Å²) in [7, 11) is 2.29. The van der Waals surface area contributed by atoms with Gasteiger partial charge in [0.2, 0.25) is 5.91 Å². The molecule has 1 rings (SSSR count).